The van der Waals surface area contributed by atoms with Crippen LogP contribution in [0.1, 0.15) is 12.5 Å². The average molecular weight is 324 g/mol. The molecule has 0 aliphatic rings. The van der Waals surface area contributed by atoms with Crippen LogP contribution in [0.15, 0.2) is 24.3 Å². The number of ether oxygens (including phenoxy) is 1. The van der Waals surface area contributed by atoms with E-state index in [1.807, 2.05) is 0 Å². The molecule has 0 spiro atoms. The predicted molar refractivity (Wildman–Crippen MR) is 68.1 cm³/mol. The largest absolute Gasteiger partial charge is 0.499 e. The molecule has 1 aromatic rings. The Morgan fingerprint density at radius 1 is 1.19 bits per heavy atom. The zero-order chi connectivity index (χ0) is 16.1. The van der Waals surface area contributed by atoms with Gasteiger partial charge in [-0.2, -0.15) is 22.0 Å². The van der Waals surface area contributed by atoms with Gasteiger partial charge < -0.3 is 4.74 Å². The zero-order valence-corrected chi connectivity index (χ0v) is 11.4. The van der Waals surface area contributed by atoms with Crippen LogP contribution in [-0.4, -0.2) is 23.2 Å². The number of halogens is 5. The van der Waals surface area contributed by atoms with Gasteiger partial charge in [0.2, 0.25) is 0 Å². The number of carbonyl (C=O) groups excluding carboxylic acids is 1. The van der Waals surface area contributed by atoms with Crippen molar-refractivity contribution in [2.45, 2.75) is 19.2 Å². The summed E-state index contributed by atoms with van der Waals surface area (Å²) in [5, 5.41) is -0.0950. The molecule has 0 aliphatic carbocycles. The summed E-state index contributed by atoms with van der Waals surface area (Å²) >= 11 is 1.00. The van der Waals surface area contributed by atoms with Crippen molar-refractivity contribution in [3.8, 4) is 17.6 Å². The normalized spacial score (nSPS) is 11.5. The van der Waals surface area contributed by atoms with Gasteiger partial charge in [-0.05, 0) is 24.3 Å². The first kappa shape index (κ1) is 17.3. The molecule has 0 N–H and O–H groups in total. The first-order valence-corrected chi connectivity index (χ1v) is 6.46. The summed E-state index contributed by atoms with van der Waals surface area (Å²) in [6.45, 7) is 1.39. The van der Waals surface area contributed by atoms with Crippen molar-refractivity contribution >= 4 is 16.9 Å². The highest BCUT2D eigenvalue weighted by Crippen LogP contribution is 2.37. The lowest BCUT2D eigenvalue weighted by Gasteiger charge is -2.20. The van der Waals surface area contributed by atoms with Crippen LogP contribution in [0.2, 0.25) is 0 Å². The Morgan fingerprint density at radius 3 is 2.24 bits per heavy atom. The SMILES string of the molecule is CC(=O)SCC#Cc1ccc(OC(F)(F)C(F)(F)F)cc1. The third-order valence-electron chi connectivity index (χ3n) is 2.01. The second kappa shape index (κ2) is 6.80. The highest BCUT2D eigenvalue weighted by molar-refractivity contribution is 8.13. The first-order chi connectivity index (χ1) is 9.62. The molecule has 1 rings (SSSR count). The fraction of sp³-hybridized carbons (Fsp3) is 0.308. The molecule has 8 heteroatoms. The van der Waals surface area contributed by atoms with E-state index < -0.39 is 18.0 Å². The summed E-state index contributed by atoms with van der Waals surface area (Å²) in [5.41, 5.74) is 0.404. The predicted octanol–water partition coefficient (Wildman–Crippen LogP) is 3.85. The molecule has 0 saturated heterocycles. The Bertz CT molecular complexity index is 555. The van der Waals surface area contributed by atoms with E-state index in [9.17, 15) is 26.7 Å². The first-order valence-electron chi connectivity index (χ1n) is 5.48. The molecule has 0 amide bonds. The molecule has 114 valence electrons. The van der Waals surface area contributed by atoms with Crippen molar-refractivity contribution in [2.75, 3.05) is 5.75 Å². The lowest BCUT2D eigenvalue weighted by atomic mass is 10.2. The van der Waals surface area contributed by atoms with Crippen LogP contribution in [0.3, 0.4) is 0 Å². The van der Waals surface area contributed by atoms with Gasteiger partial charge in [0.25, 0.3) is 0 Å². The topological polar surface area (TPSA) is 26.3 Å². The summed E-state index contributed by atoms with van der Waals surface area (Å²) in [6, 6.07) is 4.41. The highest BCUT2D eigenvalue weighted by Gasteiger charge is 2.61. The van der Waals surface area contributed by atoms with E-state index in [1.165, 1.54) is 19.1 Å². The molecule has 0 bridgehead atoms. The van der Waals surface area contributed by atoms with Crippen molar-refractivity contribution in [1.82, 2.24) is 0 Å². The van der Waals surface area contributed by atoms with Crippen molar-refractivity contribution in [3.05, 3.63) is 29.8 Å². The Morgan fingerprint density at radius 2 is 1.76 bits per heavy atom. The minimum Gasteiger partial charge on any atom is -0.426 e. The van der Waals surface area contributed by atoms with Gasteiger partial charge in [-0.25, -0.2) is 0 Å². The Kier molecular flexibility index (Phi) is 5.61. The van der Waals surface area contributed by atoms with Crippen LogP contribution in [0.25, 0.3) is 0 Å². The second-order valence-corrected chi connectivity index (χ2v) is 4.88. The van der Waals surface area contributed by atoms with Crippen LogP contribution >= 0.6 is 11.8 Å². The van der Waals surface area contributed by atoms with Gasteiger partial charge in [0.15, 0.2) is 5.12 Å². The summed E-state index contributed by atoms with van der Waals surface area (Å²) in [7, 11) is 0. The maximum Gasteiger partial charge on any atom is 0.499 e. The van der Waals surface area contributed by atoms with E-state index in [0.29, 0.717) is 5.56 Å². The Labute approximate surface area is 121 Å². The van der Waals surface area contributed by atoms with Crippen LogP contribution < -0.4 is 4.74 Å². The Hall–Kier alpha value is -1.75. The fourth-order valence-electron chi connectivity index (χ4n) is 1.09. The van der Waals surface area contributed by atoms with Crippen LogP contribution in [0.5, 0.6) is 5.75 Å². The third kappa shape index (κ3) is 5.63. The molecule has 0 atom stereocenters. The van der Waals surface area contributed by atoms with Gasteiger partial charge in [0.1, 0.15) is 5.75 Å². The quantitative estimate of drug-likeness (QED) is 0.624. The minimum absolute atomic E-state index is 0.0950. The van der Waals surface area contributed by atoms with Crippen molar-refractivity contribution < 1.29 is 31.5 Å². The van der Waals surface area contributed by atoms with Crippen molar-refractivity contribution in [3.63, 3.8) is 0 Å². The van der Waals surface area contributed by atoms with E-state index in [1.54, 1.807) is 0 Å². The molecular formula is C13H9F5O2S. The fourth-order valence-corrected chi connectivity index (χ4v) is 1.44. The Balaban J connectivity index is 2.68. The molecule has 0 unspecified atom stereocenters. The smallest absolute Gasteiger partial charge is 0.426 e. The molecule has 0 fully saturated rings. The molecule has 0 aliphatic heterocycles. The summed E-state index contributed by atoms with van der Waals surface area (Å²) in [6.07, 6.45) is -11.0. The molecule has 2 nitrogen and oxygen atoms in total. The van der Waals surface area contributed by atoms with E-state index in [4.69, 9.17) is 0 Å². The number of alkyl halides is 5. The molecule has 0 heterocycles. The van der Waals surface area contributed by atoms with Gasteiger partial charge in [0.05, 0.1) is 5.75 Å². The monoisotopic (exact) mass is 324 g/mol. The van der Waals surface area contributed by atoms with Gasteiger partial charge in [-0.1, -0.05) is 23.6 Å². The number of hydrogen-bond acceptors (Lipinski definition) is 3. The van der Waals surface area contributed by atoms with Gasteiger partial charge >= 0.3 is 12.3 Å². The van der Waals surface area contributed by atoms with Crippen LogP contribution in [0.4, 0.5) is 22.0 Å². The summed E-state index contributed by atoms with van der Waals surface area (Å²) in [4.78, 5) is 10.6. The molecule has 0 saturated carbocycles. The summed E-state index contributed by atoms with van der Waals surface area (Å²) < 4.78 is 64.7. The maximum absolute atomic E-state index is 12.6. The average Bonchev–Trinajstić information content (AvgIpc) is 2.34. The van der Waals surface area contributed by atoms with E-state index in [0.717, 1.165) is 23.9 Å². The van der Waals surface area contributed by atoms with Gasteiger partial charge in [0, 0.05) is 12.5 Å². The molecule has 21 heavy (non-hydrogen) atoms. The van der Waals surface area contributed by atoms with Crippen molar-refractivity contribution in [1.29, 1.82) is 0 Å². The molecule has 0 radical (unpaired) electrons. The molecule has 1 aromatic carbocycles. The van der Waals surface area contributed by atoms with E-state index >= 15 is 0 Å². The highest BCUT2D eigenvalue weighted by atomic mass is 32.2. The van der Waals surface area contributed by atoms with Crippen LogP contribution in [0, 0.1) is 11.8 Å². The lowest BCUT2D eigenvalue weighted by molar-refractivity contribution is -0.360. The summed E-state index contributed by atoms with van der Waals surface area (Å²) in [5.74, 6) is 4.92. The van der Waals surface area contributed by atoms with E-state index in [2.05, 4.69) is 16.6 Å². The third-order valence-corrected chi connectivity index (χ3v) is 2.71. The lowest BCUT2D eigenvalue weighted by Crippen LogP contribution is -2.41. The second-order valence-electron chi connectivity index (χ2n) is 3.72. The standard InChI is InChI=1S/C13H9F5O2S/c1-9(19)21-8-2-3-10-4-6-11(7-5-10)20-13(17,18)12(14,15)16/h4-7H,8H2,1H3. The van der Waals surface area contributed by atoms with Crippen LogP contribution in [-0.2, 0) is 4.79 Å². The minimum atomic E-state index is -5.78. The molecular weight excluding hydrogens is 315 g/mol. The number of hydrogen-bond donors (Lipinski definition) is 0. The number of benzene rings is 1. The van der Waals surface area contributed by atoms with Gasteiger partial charge in [-0.15, -0.1) is 0 Å². The zero-order valence-electron chi connectivity index (χ0n) is 10.6. The van der Waals surface area contributed by atoms with Gasteiger partial charge in [-0.3, -0.25) is 4.79 Å². The number of rotatable bonds is 3. The molecule has 0 aromatic heterocycles. The number of carbonyl (C=O) groups is 1. The maximum atomic E-state index is 12.6. The number of thioether (sulfide) groups is 1. The van der Waals surface area contributed by atoms with Crippen molar-refractivity contribution in [2.24, 2.45) is 0 Å². The van der Waals surface area contributed by atoms with E-state index in [-0.39, 0.29) is 10.9 Å².